The van der Waals surface area contributed by atoms with Crippen molar-refractivity contribution in [2.75, 3.05) is 19.8 Å². The Morgan fingerprint density at radius 2 is 1.68 bits per heavy atom. The topological polar surface area (TPSA) is 75.7 Å². The molecule has 4 nitrogen and oxygen atoms in total. The minimum Gasteiger partial charge on any atom is -0.494 e. The fraction of sp³-hybridized carbons (Fsp3) is 0.684. The van der Waals surface area contributed by atoms with Gasteiger partial charge in [0.2, 0.25) is 0 Å². The fourth-order valence-corrected chi connectivity index (χ4v) is 4.79. The molecule has 0 heterocycles. The highest BCUT2D eigenvalue weighted by Crippen LogP contribution is 2.20. The van der Waals surface area contributed by atoms with Gasteiger partial charge in [0.05, 0.1) is 33.4 Å². The summed E-state index contributed by atoms with van der Waals surface area (Å²) in [5.74, 6) is 0.905. The number of aliphatic hydroxyl groups is 2. The van der Waals surface area contributed by atoms with E-state index < -0.39 is 13.6 Å². The lowest BCUT2D eigenvalue weighted by Crippen LogP contribution is -2.47. The Morgan fingerprint density at radius 3 is 2.20 bits per heavy atom. The number of rotatable bonds is 12. The Kier molecular flexibility index (Phi) is 11.6. The summed E-state index contributed by atoms with van der Waals surface area (Å²) in [7, 11) is -1.12. The van der Waals surface area contributed by atoms with E-state index in [2.05, 4.69) is 20.0 Å². The Bertz CT molecular complexity index is 464. The lowest BCUT2D eigenvalue weighted by atomic mass is 9.94. The van der Waals surface area contributed by atoms with Gasteiger partial charge in [-0.2, -0.15) is 0 Å². The molecule has 1 aromatic rings. The van der Waals surface area contributed by atoms with Gasteiger partial charge in [-0.1, -0.05) is 51.0 Å². The van der Waals surface area contributed by atoms with E-state index in [1.54, 1.807) is 0 Å². The van der Waals surface area contributed by atoms with Crippen molar-refractivity contribution in [1.29, 1.82) is 0 Å². The van der Waals surface area contributed by atoms with Gasteiger partial charge >= 0.3 is 0 Å². The van der Waals surface area contributed by atoms with E-state index in [0.717, 1.165) is 24.3 Å². The Hall–Kier alpha value is -0.593. The Morgan fingerprint density at radius 1 is 1.08 bits per heavy atom. The first kappa shape index (κ1) is 24.4. The number of aliphatic hydroxyl groups excluding tert-OH is 2. The molecule has 0 spiro atoms. The standard InChI is InChI=1S/C19H35NO3Si.ClH/c1-4-5-13-24(2,3)14-12-23-18-8-6-17(7-9-18)10-11-19(20,15-21)16-22;/h6-9,21-22H,4-5,10-16,20H2,1-3H3;1H. The minimum atomic E-state index is -1.12. The largest absolute Gasteiger partial charge is 0.494 e. The lowest BCUT2D eigenvalue weighted by molar-refractivity contribution is 0.115. The van der Waals surface area contributed by atoms with Gasteiger partial charge in [-0.3, -0.25) is 0 Å². The van der Waals surface area contributed by atoms with Gasteiger partial charge in [-0.15, -0.1) is 12.4 Å². The van der Waals surface area contributed by atoms with Crippen LogP contribution in [0.15, 0.2) is 24.3 Å². The van der Waals surface area contributed by atoms with E-state index >= 15 is 0 Å². The van der Waals surface area contributed by atoms with Gasteiger partial charge in [0, 0.05) is 0 Å². The number of hydrogen-bond acceptors (Lipinski definition) is 4. The molecule has 0 radical (unpaired) electrons. The average molecular weight is 390 g/mol. The predicted octanol–water partition coefficient (Wildman–Crippen LogP) is 3.61. The lowest BCUT2D eigenvalue weighted by Gasteiger charge is -2.24. The molecule has 4 N–H and O–H groups in total. The highest BCUT2D eigenvalue weighted by molar-refractivity contribution is 6.77. The van der Waals surface area contributed by atoms with E-state index in [1.807, 2.05) is 24.3 Å². The fourth-order valence-electron chi connectivity index (χ4n) is 2.58. The molecule has 0 aliphatic rings. The summed E-state index contributed by atoms with van der Waals surface area (Å²) in [6.45, 7) is 7.51. The van der Waals surface area contributed by atoms with Crippen LogP contribution < -0.4 is 10.5 Å². The summed E-state index contributed by atoms with van der Waals surface area (Å²) in [5.41, 5.74) is 6.13. The number of hydrogen-bond donors (Lipinski definition) is 3. The molecule has 146 valence electrons. The Balaban J connectivity index is 0.00000576. The molecular formula is C19H36ClNO3Si. The normalized spacial score (nSPS) is 11.9. The summed E-state index contributed by atoms with van der Waals surface area (Å²) >= 11 is 0. The highest BCUT2D eigenvalue weighted by Gasteiger charge is 2.22. The van der Waals surface area contributed by atoms with E-state index in [-0.39, 0.29) is 25.6 Å². The molecule has 0 fully saturated rings. The smallest absolute Gasteiger partial charge is 0.119 e. The summed E-state index contributed by atoms with van der Waals surface area (Å²) in [5, 5.41) is 18.4. The summed E-state index contributed by atoms with van der Waals surface area (Å²) < 4.78 is 5.89. The van der Waals surface area contributed by atoms with Crippen molar-refractivity contribution >= 4 is 20.5 Å². The first-order valence-electron chi connectivity index (χ1n) is 9.06. The molecule has 0 atom stereocenters. The third-order valence-electron chi connectivity index (χ3n) is 4.72. The van der Waals surface area contributed by atoms with Crippen molar-refractivity contribution in [1.82, 2.24) is 0 Å². The molecule has 1 rings (SSSR count). The molecule has 25 heavy (non-hydrogen) atoms. The summed E-state index contributed by atoms with van der Waals surface area (Å²) in [6, 6.07) is 10.6. The van der Waals surface area contributed by atoms with E-state index in [9.17, 15) is 10.2 Å². The molecule has 0 amide bonds. The quantitative estimate of drug-likeness (QED) is 0.477. The maximum absolute atomic E-state index is 9.22. The molecule has 6 heteroatoms. The maximum Gasteiger partial charge on any atom is 0.119 e. The van der Waals surface area contributed by atoms with Crippen molar-refractivity contribution < 1.29 is 14.9 Å². The van der Waals surface area contributed by atoms with Crippen LogP contribution in [-0.4, -0.2) is 43.6 Å². The number of unbranched alkanes of at least 4 members (excludes halogenated alkanes) is 1. The van der Waals surface area contributed by atoms with Crippen LogP contribution in [0.1, 0.15) is 31.7 Å². The number of benzene rings is 1. The number of aryl methyl sites for hydroxylation is 1. The first-order chi connectivity index (χ1) is 11.3. The molecule has 1 aromatic carbocycles. The zero-order valence-corrected chi connectivity index (χ0v) is 17.8. The van der Waals surface area contributed by atoms with E-state index in [1.165, 1.54) is 24.9 Å². The highest BCUT2D eigenvalue weighted by atomic mass is 35.5. The third kappa shape index (κ3) is 9.61. The molecule has 0 aliphatic heterocycles. The van der Waals surface area contributed by atoms with Crippen LogP contribution >= 0.6 is 12.4 Å². The van der Waals surface area contributed by atoms with E-state index in [4.69, 9.17) is 10.5 Å². The number of halogens is 1. The molecule has 0 saturated carbocycles. The summed E-state index contributed by atoms with van der Waals surface area (Å²) in [6.07, 6.45) is 3.89. The SMILES string of the molecule is CCCC[Si](C)(C)CCOc1ccc(CCC(N)(CO)CO)cc1.Cl. The van der Waals surface area contributed by atoms with Gasteiger partial charge in [0.15, 0.2) is 0 Å². The number of nitrogens with two attached hydrogens (primary N) is 1. The first-order valence-corrected chi connectivity index (χ1v) is 12.5. The zero-order valence-electron chi connectivity index (χ0n) is 16.0. The Labute approximate surface area is 160 Å². The molecule has 0 bridgehead atoms. The maximum atomic E-state index is 9.22. The van der Waals surface area contributed by atoms with Crippen LogP contribution in [0.4, 0.5) is 0 Å². The summed E-state index contributed by atoms with van der Waals surface area (Å²) in [4.78, 5) is 0. The third-order valence-corrected chi connectivity index (χ3v) is 7.98. The van der Waals surface area contributed by atoms with Crippen LogP contribution in [0.25, 0.3) is 0 Å². The van der Waals surface area contributed by atoms with Crippen LogP contribution in [0.5, 0.6) is 5.75 Å². The molecule has 0 aliphatic carbocycles. The second-order valence-electron chi connectivity index (χ2n) is 7.69. The molecule has 0 aromatic heterocycles. The number of ether oxygens (including phenoxy) is 1. The van der Waals surface area contributed by atoms with Crippen molar-refractivity contribution in [3.8, 4) is 5.75 Å². The van der Waals surface area contributed by atoms with Crippen LogP contribution in [-0.2, 0) is 6.42 Å². The van der Waals surface area contributed by atoms with Crippen molar-refractivity contribution in [3.05, 3.63) is 29.8 Å². The van der Waals surface area contributed by atoms with Gasteiger partial charge in [-0.05, 0) is 36.6 Å². The van der Waals surface area contributed by atoms with Gasteiger partial charge < -0.3 is 20.7 Å². The second-order valence-corrected chi connectivity index (χ2v) is 13.0. The van der Waals surface area contributed by atoms with Crippen LogP contribution in [0.2, 0.25) is 25.2 Å². The van der Waals surface area contributed by atoms with E-state index in [0.29, 0.717) is 6.42 Å². The monoisotopic (exact) mass is 389 g/mol. The molecular weight excluding hydrogens is 354 g/mol. The van der Waals surface area contributed by atoms with Crippen molar-refractivity contribution in [2.24, 2.45) is 5.73 Å². The van der Waals surface area contributed by atoms with Gasteiger partial charge in [0.25, 0.3) is 0 Å². The zero-order chi connectivity index (χ0) is 18.1. The van der Waals surface area contributed by atoms with Crippen LogP contribution in [0.3, 0.4) is 0 Å². The molecule has 0 unspecified atom stereocenters. The molecule has 0 saturated heterocycles. The second kappa shape index (κ2) is 11.9. The van der Waals surface area contributed by atoms with Crippen LogP contribution in [0, 0.1) is 0 Å². The predicted molar refractivity (Wildman–Crippen MR) is 111 cm³/mol. The average Bonchev–Trinajstić information content (AvgIpc) is 2.59. The van der Waals surface area contributed by atoms with Crippen molar-refractivity contribution in [3.63, 3.8) is 0 Å². The van der Waals surface area contributed by atoms with Gasteiger partial charge in [-0.25, -0.2) is 0 Å². The van der Waals surface area contributed by atoms with Gasteiger partial charge in [0.1, 0.15) is 5.75 Å². The van der Waals surface area contributed by atoms with Crippen molar-refractivity contribution in [2.45, 2.75) is 63.3 Å². The minimum absolute atomic E-state index is 0.